The van der Waals surface area contributed by atoms with Gasteiger partial charge in [-0.25, -0.2) is 4.79 Å². The number of fused-ring (bicyclic) bond motifs is 3. The lowest BCUT2D eigenvalue weighted by Crippen LogP contribution is -2.43. The van der Waals surface area contributed by atoms with E-state index in [-0.39, 0.29) is 11.2 Å². The summed E-state index contributed by atoms with van der Waals surface area (Å²) < 4.78 is 6.75. The first kappa shape index (κ1) is 20.8. The molecule has 1 fully saturated rings. The van der Waals surface area contributed by atoms with Gasteiger partial charge in [-0.15, -0.1) is 0 Å². The first-order chi connectivity index (χ1) is 15.3. The Kier molecular flexibility index (Phi) is 5.04. The molecule has 4 heterocycles. The second-order valence-electron chi connectivity index (χ2n) is 9.11. The molecule has 8 heteroatoms. The molecule has 0 saturated carbocycles. The van der Waals surface area contributed by atoms with Crippen molar-refractivity contribution >= 4 is 16.9 Å². The van der Waals surface area contributed by atoms with Crippen LogP contribution in [0.5, 0.6) is 0 Å². The van der Waals surface area contributed by atoms with E-state index in [9.17, 15) is 9.59 Å². The summed E-state index contributed by atoms with van der Waals surface area (Å²) in [5, 5.41) is 0. The Bertz CT molecular complexity index is 1430. The number of hydrogen-bond acceptors (Lipinski definition) is 4. The summed E-state index contributed by atoms with van der Waals surface area (Å²) >= 11 is 0. The van der Waals surface area contributed by atoms with Crippen LogP contribution in [0.1, 0.15) is 36.1 Å². The number of imidazole rings is 2. The number of nitrogens with zero attached hydrogens (tertiary/aromatic N) is 6. The molecule has 0 N–H and O–H groups in total. The monoisotopic (exact) mass is 434 g/mol. The molecule has 8 nitrogen and oxygen atoms in total. The molecule has 1 aliphatic rings. The maximum atomic E-state index is 13.5. The van der Waals surface area contributed by atoms with Crippen molar-refractivity contribution in [1.82, 2.24) is 28.0 Å². The highest BCUT2D eigenvalue weighted by Crippen LogP contribution is 2.22. The third-order valence-electron chi connectivity index (χ3n) is 6.58. The Hall–Kier alpha value is -3.13. The zero-order chi connectivity index (χ0) is 22.6. The maximum Gasteiger partial charge on any atom is 0.332 e. The minimum absolute atomic E-state index is 0.273. The summed E-state index contributed by atoms with van der Waals surface area (Å²) in [7, 11) is 1.70. The number of aromatic nitrogens is 5. The van der Waals surface area contributed by atoms with E-state index in [0.29, 0.717) is 30.0 Å². The fraction of sp³-hybridized carbons (Fsp3) is 0.458. The van der Waals surface area contributed by atoms with Crippen LogP contribution in [-0.2, 0) is 13.6 Å². The average Bonchev–Trinajstić information content (AvgIpc) is 3.26. The predicted molar refractivity (Wildman–Crippen MR) is 126 cm³/mol. The van der Waals surface area contributed by atoms with Gasteiger partial charge in [-0.05, 0) is 70.0 Å². The molecular formula is C24H30N6O2. The molecule has 1 saturated heterocycles. The molecular weight excluding hydrogens is 404 g/mol. The molecule has 0 unspecified atom stereocenters. The van der Waals surface area contributed by atoms with Gasteiger partial charge in [0.2, 0.25) is 5.78 Å². The van der Waals surface area contributed by atoms with Crippen molar-refractivity contribution in [2.75, 3.05) is 19.6 Å². The molecule has 0 spiro atoms. The van der Waals surface area contributed by atoms with E-state index < -0.39 is 0 Å². The maximum absolute atomic E-state index is 13.5. The summed E-state index contributed by atoms with van der Waals surface area (Å²) in [5.41, 5.74) is 4.59. The Morgan fingerprint density at radius 2 is 1.62 bits per heavy atom. The van der Waals surface area contributed by atoms with Gasteiger partial charge in [0.15, 0.2) is 11.2 Å². The van der Waals surface area contributed by atoms with Gasteiger partial charge < -0.3 is 4.90 Å². The van der Waals surface area contributed by atoms with Crippen LogP contribution in [0, 0.1) is 20.8 Å². The lowest BCUT2D eigenvalue weighted by molar-refractivity contribution is 0.218. The van der Waals surface area contributed by atoms with Crippen molar-refractivity contribution in [3.05, 3.63) is 62.1 Å². The van der Waals surface area contributed by atoms with E-state index in [1.807, 2.05) is 22.1 Å². The number of benzene rings is 1. The van der Waals surface area contributed by atoms with Gasteiger partial charge >= 0.3 is 5.69 Å². The molecule has 4 aromatic rings. The van der Waals surface area contributed by atoms with E-state index >= 15 is 0 Å². The lowest BCUT2D eigenvalue weighted by atomic mass is 10.1. The molecule has 32 heavy (non-hydrogen) atoms. The van der Waals surface area contributed by atoms with Gasteiger partial charge in [0.1, 0.15) is 0 Å². The molecule has 5 rings (SSSR count). The third-order valence-corrected chi connectivity index (χ3v) is 6.58. The largest absolute Gasteiger partial charge is 0.332 e. The average molecular weight is 435 g/mol. The van der Waals surface area contributed by atoms with Crippen LogP contribution >= 0.6 is 0 Å². The zero-order valence-corrected chi connectivity index (χ0v) is 19.3. The lowest BCUT2D eigenvalue weighted by Gasteiger charge is -2.26. The molecule has 0 radical (unpaired) electrons. The number of piperidine rings is 1. The molecule has 0 atom stereocenters. The molecule has 0 bridgehead atoms. The van der Waals surface area contributed by atoms with Gasteiger partial charge in [-0.3, -0.25) is 22.9 Å². The van der Waals surface area contributed by atoms with Crippen LogP contribution in [-0.4, -0.2) is 47.6 Å². The van der Waals surface area contributed by atoms with Crippen molar-refractivity contribution in [2.24, 2.45) is 7.05 Å². The second-order valence-corrected chi connectivity index (χ2v) is 9.11. The summed E-state index contributed by atoms with van der Waals surface area (Å²) in [4.78, 5) is 33.6. The standard InChI is InChI=1S/C24H30N6O2/c1-16-12-17(2)14-19(13-16)30-18(3)15-29-20-21(25-23(29)30)26(4)24(32)28(22(20)31)11-10-27-8-6-5-7-9-27/h12-15H,5-11H2,1-4H3. The van der Waals surface area contributed by atoms with Gasteiger partial charge in [-0.1, -0.05) is 12.5 Å². The third kappa shape index (κ3) is 3.30. The van der Waals surface area contributed by atoms with Gasteiger partial charge in [0, 0.05) is 37.7 Å². The summed E-state index contributed by atoms with van der Waals surface area (Å²) in [6, 6.07) is 6.34. The minimum atomic E-state index is -0.310. The van der Waals surface area contributed by atoms with Crippen molar-refractivity contribution in [1.29, 1.82) is 0 Å². The summed E-state index contributed by atoms with van der Waals surface area (Å²) in [6.07, 6.45) is 5.55. The Balaban J connectivity index is 1.67. The zero-order valence-electron chi connectivity index (χ0n) is 19.3. The topological polar surface area (TPSA) is 69.5 Å². The quantitative estimate of drug-likeness (QED) is 0.495. The Labute approximate surface area is 186 Å². The van der Waals surface area contributed by atoms with Crippen molar-refractivity contribution in [2.45, 2.75) is 46.6 Å². The Morgan fingerprint density at radius 1 is 0.938 bits per heavy atom. The number of aryl methyl sites for hydroxylation is 4. The summed E-state index contributed by atoms with van der Waals surface area (Å²) in [6.45, 7) is 9.32. The highest BCUT2D eigenvalue weighted by Gasteiger charge is 2.21. The summed E-state index contributed by atoms with van der Waals surface area (Å²) in [5.74, 6) is 0.642. The van der Waals surface area contributed by atoms with Gasteiger partial charge in [0.05, 0.1) is 0 Å². The first-order valence-corrected chi connectivity index (χ1v) is 11.4. The predicted octanol–water partition coefficient (Wildman–Crippen LogP) is 2.55. The fourth-order valence-corrected chi connectivity index (χ4v) is 5.03. The molecule has 0 aliphatic carbocycles. The van der Waals surface area contributed by atoms with E-state index in [4.69, 9.17) is 4.98 Å². The van der Waals surface area contributed by atoms with Crippen LogP contribution in [0.4, 0.5) is 0 Å². The van der Waals surface area contributed by atoms with E-state index in [2.05, 4.69) is 36.9 Å². The molecule has 0 amide bonds. The highest BCUT2D eigenvalue weighted by molar-refractivity contribution is 5.76. The minimum Gasteiger partial charge on any atom is -0.302 e. The smallest absolute Gasteiger partial charge is 0.302 e. The van der Waals surface area contributed by atoms with Crippen LogP contribution in [0.3, 0.4) is 0 Å². The van der Waals surface area contributed by atoms with Crippen molar-refractivity contribution in [3.63, 3.8) is 0 Å². The van der Waals surface area contributed by atoms with Crippen LogP contribution < -0.4 is 11.2 Å². The van der Waals surface area contributed by atoms with Gasteiger partial charge in [0.25, 0.3) is 5.56 Å². The molecule has 168 valence electrons. The van der Waals surface area contributed by atoms with E-state index in [1.54, 1.807) is 7.05 Å². The van der Waals surface area contributed by atoms with Crippen LogP contribution in [0.2, 0.25) is 0 Å². The van der Waals surface area contributed by atoms with Crippen LogP contribution in [0.25, 0.3) is 22.6 Å². The second kappa shape index (κ2) is 7.78. The number of likely N-dealkylation sites (tertiary alicyclic amines) is 1. The highest BCUT2D eigenvalue weighted by atomic mass is 16.2. The first-order valence-electron chi connectivity index (χ1n) is 11.4. The van der Waals surface area contributed by atoms with E-state index in [1.165, 1.54) is 28.4 Å². The fourth-order valence-electron chi connectivity index (χ4n) is 5.03. The van der Waals surface area contributed by atoms with Crippen molar-refractivity contribution in [3.8, 4) is 5.69 Å². The Morgan fingerprint density at radius 3 is 2.31 bits per heavy atom. The SMILES string of the molecule is Cc1cc(C)cc(-n2c(C)cn3c4c(=O)n(CCN5CCCCC5)c(=O)n(C)c4nc23)c1. The normalized spacial score (nSPS) is 15.2. The number of rotatable bonds is 4. The molecule has 3 aromatic heterocycles. The molecule has 1 aliphatic heterocycles. The van der Waals surface area contributed by atoms with E-state index in [0.717, 1.165) is 35.6 Å². The number of hydrogen-bond donors (Lipinski definition) is 0. The molecule has 1 aromatic carbocycles. The van der Waals surface area contributed by atoms with Gasteiger partial charge in [-0.2, -0.15) is 4.98 Å². The van der Waals surface area contributed by atoms with Crippen LogP contribution in [0.15, 0.2) is 34.0 Å². The van der Waals surface area contributed by atoms with Crippen molar-refractivity contribution < 1.29 is 0 Å².